The minimum Gasteiger partial charge on any atom is -0.459 e. The number of alkyl halides is 6. The zero-order chi connectivity index (χ0) is 23.5. The summed E-state index contributed by atoms with van der Waals surface area (Å²) in [6, 6.07) is 0. The molecule has 0 aromatic carbocycles. The van der Waals surface area contributed by atoms with Gasteiger partial charge in [0, 0.05) is 5.92 Å². The van der Waals surface area contributed by atoms with Crippen LogP contribution in [-0.2, 0) is 19.1 Å². The van der Waals surface area contributed by atoms with Crippen LogP contribution in [0.25, 0.3) is 0 Å². The minimum atomic E-state index is -5.11. The van der Waals surface area contributed by atoms with Crippen molar-refractivity contribution in [2.75, 3.05) is 0 Å². The van der Waals surface area contributed by atoms with Crippen LogP contribution in [-0.4, -0.2) is 47.2 Å². The average Bonchev–Trinajstić information content (AvgIpc) is 3.08. The van der Waals surface area contributed by atoms with Crippen LogP contribution in [0.4, 0.5) is 26.3 Å². The first-order chi connectivity index (χ1) is 13.3. The van der Waals surface area contributed by atoms with Crippen LogP contribution < -0.4 is 0 Å². The van der Waals surface area contributed by atoms with Gasteiger partial charge < -0.3 is 14.6 Å². The summed E-state index contributed by atoms with van der Waals surface area (Å²) in [5, 5.41) is 10.3. The molecule has 2 aliphatic rings. The summed E-state index contributed by atoms with van der Waals surface area (Å²) in [4.78, 5) is 25.0. The van der Waals surface area contributed by atoms with Crippen molar-refractivity contribution in [3.8, 4) is 0 Å². The zero-order valence-corrected chi connectivity index (χ0v) is 17.3. The standard InChI is InChI=1S/C19H26F6O5/c1-6-16(5,18(20,21)22)13(27)29-12-10-7-9(11(12)26)8-17(10,19(23,24)25)14(28)30-15(2,3)4/h9-12,26H,6-8H2,1-5H3. The summed E-state index contributed by atoms with van der Waals surface area (Å²) in [5.41, 5.74) is -7.28. The lowest BCUT2D eigenvalue weighted by atomic mass is 9.70. The number of halogens is 6. The Balaban J connectivity index is 2.42. The van der Waals surface area contributed by atoms with E-state index in [4.69, 9.17) is 9.47 Å². The number of rotatable bonds is 4. The van der Waals surface area contributed by atoms with Gasteiger partial charge >= 0.3 is 24.3 Å². The maximum atomic E-state index is 14.1. The summed E-state index contributed by atoms with van der Waals surface area (Å²) in [5.74, 6) is -6.18. The third-order valence-electron chi connectivity index (χ3n) is 6.29. The lowest BCUT2D eigenvalue weighted by Gasteiger charge is -2.43. The average molecular weight is 448 g/mol. The van der Waals surface area contributed by atoms with Gasteiger partial charge in [0.2, 0.25) is 0 Å². The summed E-state index contributed by atoms with van der Waals surface area (Å²) in [6.45, 7) is 5.81. The zero-order valence-electron chi connectivity index (χ0n) is 17.3. The van der Waals surface area contributed by atoms with E-state index < -0.39 is 77.6 Å². The summed E-state index contributed by atoms with van der Waals surface area (Å²) in [6.07, 6.45) is -15.4. The van der Waals surface area contributed by atoms with Crippen molar-refractivity contribution in [2.24, 2.45) is 22.7 Å². The first kappa shape index (κ1) is 24.7. The predicted molar refractivity (Wildman–Crippen MR) is 90.9 cm³/mol. The molecular formula is C19H26F6O5. The van der Waals surface area contributed by atoms with Crippen LogP contribution in [0.1, 0.15) is 53.9 Å². The summed E-state index contributed by atoms with van der Waals surface area (Å²) >= 11 is 0. The largest absolute Gasteiger partial charge is 0.459 e. The Morgan fingerprint density at radius 2 is 1.60 bits per heavy atom. The molecule has 6 unspecified atom stereocenters. The molecule has 0 aliphatic heterocycles. The van der Waals surface area contributed by atoms with Gasteiger partial charge in [0.15, 0.2) is 10.8 Å². The molecule has 174 valence electrons. The van der Waals surface area contributed by atoms with Gasteiger partial charge in [-0.15, -0.1) is 0 Å². The van der Waals surface area contributed by atoms with Crippen molar-refractivity contribution in [1.82, 2.24) is 0 Å². The SMILES string of the molecule is CCC(C)(C(=O)OC1C(O)C2CC1C(C(=O)OC(C)(C)C)(C(F)(F)F)C2)C(F)(F)F. The molecule has 0 amide bonds. The van der Waals surface area contributed by atoms with Crippen molar-refractivity contribution in [2.45, 2.75) is 84.0 Å². The minimum absolute atomic E-state index is 0.327. The van der Waals surface area contributed by atoms with Gasteiger partial charge in [0.25, 0.3) is 0 Å². The molecular weight excluding hydrogens is 422 g/mol. The third kappa shape index (κ3) is 3.78. The lowest BCUT2D eigenvalue weighted by Crippen LogP contribution is -2.58. The Hall–Kier alpha value is -1.52. The Kier molecular flexibility index (Phi) is 6.00. The number of esters is 2. The molecule has 1 N–H and O–H groups in total. The molecule has 30 heavy (non-hydrogen) atoms. The second kappa shape index (κ2) is 7.27. The molecule has 2 rings (SSSR count). The van der Waals surface area contributed by atoms with E-state index in [9.17, 15) is 41.0 Å². The van der Waals surface area contributed by atoms with E-state index in [1.54, 1.807) is 0 Å². The first-order valence-electron chi connectivity index (χ1n) is 9.58. The molecule has 11 heteroatoms. The van der Waals surface area contributed by atoms with Crippen LogP contribution in [0.2, 0.25) is 0 Å². The Labute approximate surface area is 170 Å². The number of fused-ring (bicyclic) bond motifs is 2. The molecule has 0 saturated heterocycles. The lowest BCUT2D eigenvalue weighted by molar-refractivity contribution is -0.273. The van der Waals surface area contributed by atoms with Crippen molar-refractivity contribution < 1.29 is 50.5 Å². The van der Waals surface area contributed by atoms with Crippen molar-refractivity contribution in [3.05, 3.63) is 0 Å². The van der Waals surface area contributed by atoms with Gasteiger partial charge in [0.05, 0.1) is 6.10 Å². The highest BCUT2D eigenvalue weighted by Gasteiger charge is 2.76. The highest BCUT2D eigenvalue weighted by atomic mass is 19.4. The number of hydrogen-bond acceptors (Lipinski definition) is 5. The molecule has 0 radical (unpaired) electrons. The van der Waals surface area contributed by atoms with E-state index in [0.717, 1.165) is 6.92 Å². The molecule has 6 atom stereocenters. The number of hydrogen-bond donors (Lipinski definition) is 1. The molecule has 2 saturated carbocycles. The smallest absolute Gasteiger partial charge is 0.405 e. The van der Waals surface area contributed by atoms with E-state index in [2.05, 4.69) is 0 Å². The van der Waals surface area contributed by atoms with Crippen molar-refractivity contribution in [3.63, 3.8) is 0 Å². The Morgan fingerprint density at radius 1 is 1.07 bits per heavy atom. The van der Waals surface area contributed by atoms with Gasteiger partial charge in [0.1, 0.15) is 11.7 Å². The van der Waals surface area contributed by atoms with E-state index >= 15 is 0 Å². The van der Waals surface area contributed by atoms with Gasteiger partial charge in [-0.3, -0.25) is 9.59 Å². The highest BCUT2D eigenvalue weighted by molar-refractivity contribution is 5.81. The molecule has 0 aromatic heterocycles. The molecule has 2 aliphatic carbocycles. The third-order valence-corrected chi connectivity index (χ3v) is 6.29. The summed E-state index contributed by atoms with van der Waals surface area (Å²) in [7, 11) is 0. The number of carbonyl (C=O) groups excluding carboxylic acids is 2. The molecule has 2 bridgehead atoms. The van der Waals surface area contributed by atoms with Crippen LogP contribution in [0.15, 0.2) is 0 Å². The topological polar surface area (TPSA) is 72.8 Å². The maximum Gasteiger partial charge on any atom is 0.405 e. The van der Waals surface area contributed by atoms with Crippen LogP contribution in [0, 0.1) is 22.7 Å². The maximum absolute atomic E-state index is 14.1. The van der Waals surface area contributed by atoms with Crippen LogP contribution in [0.3, 0.4) is 0 Å². The number of aliphatic hydroxyl groups excluding tert-OH is 1. The van der Waals surface area contributed by atoms with E-state index in [1.165, 1.54) is 20.8 Å². The second-order valence-electron chi connectivity index (χ2n) is 9.32. The van der Waals surface area contributed by atoms with E-state index in [1.807, 2.05) is 0 Å². The van der Waals surface area contributed by atoms with E-state index in [0.29, 0.717) is 6.92 Å². The fourth-order valence-electron chi connectivity index (χ4n) is 4.27. The predicted octanol–water partition coefficient (Wildman–Crippen LogP) is 4.17. The quantitative estimate of drug-likeness (QED) is 0.516. The highest BCUT2D eigenvalue weighted by Crippen LogP contribution is 2.64. The molecule has 5 nitrogen and oxygen atoms in total. The van der Waals surface area contributed by atoms with Crippen molar-refractivity contribution >= 4 is 11.9 Å². The Morgan fingerprint density at radius 3 is 1.97 bits per heavy atom. The number of ether oxygens (including phenoxy) is 2. The van der Waals surface area contributed by atoms with Crippen LogP contribution >= 0.6 is 0 Å². The second-order valence-corrected chi connectivity index (χ2v) is 9.32. The molecule has 0 spiro atoms. The fraction of sp³-hybridized carbons (Fsp3) is 0.895. The molecule has 2 fully saturated rings. The molecule has 0 aromatic rings. The van der Waals surface area contributed by atoms with Gasteiger partial charge in [-0.25, -0.2) is 0 Å². The van der Waals surface area contributed by atoms with Crippen LogP contribution in [0.5, 0.6) is 0 Å². The van der Waals surface area contributed by atoms with Gasteiger partial charge in [-0.1, -0.05) is 6.92 Å². The number of aliphatic hydroxyl groups is 1. The number of carbonyl (C=O) groups is 2. The van der Waals surface area contributed by atoms with Crippen molar-refractivity contribution in [1.29, 1.82) is 0 Å². The van der Waals surface area contributed by atoms with Gasteiger partial charge in [-0.2, -0.15) is 26.3 Å². The van der Waals surface area contributed by atoms with Gasteiger partial charge in [-0.05, 0) is 52.9 Å². The van der Waals surface area contributed by atoms with E-state index in [-0.39, 0.29) is 6.42 Å². The normalized spacial score (nSPS) is 33.9. The fourth-order valence-corrected chi connectivity index (χ4v) is 4.27. The Bertz CT molecular complexity index is 697. The first-order valence-corrected chi connectivity index (χ1v) is 9.58. The molecule has 0 heterocycles. The monoisotopic (exact) mass is 448 g/mol. The summed E-state index contributed by atoms with van der Waals surface area (Å²) < 4.78 is 92.3.